The van der Waals surface area contributed by atoms with Crippen LogP contribution in [0.1, 0.15) is 69.3 Å². The van der Waals surface area contributed by atoms with Crippen molar-refractivity contribution in [3.63, 3.8) is 0 Å². The van der Waals surface area contributed by atoms with Crippen LogP contribution in [0, 0.1) is 11.8 Å². The van der Waals surface area contributed by atoms with Crippen LogP contribution in [0.4, 0.5) is 0 Å². The van der Waals surface area contributed by atoms with E-state index >= 15 is 0 Å². The Morgan fingerprint density at radius 3 is 1.88 bits per heavy atom. The molecule has 2 rings (SSSR count). The lowest BCUT2D eigenvalue weighted by atomic mass is 10.1. The van der Waals surface area contributed by atoms with Crippen LogP contribution in [0.5, 0.6) is 11.5 Å². The van der Waals surface area contributed by atoms with Crippen LogP contribution < -0.4 is 5.32 Å². The smallest absolute Gasteiger partial charge is 0.338 e. The van der Waals surface area contributed by atoms with Gasteiger partial charge in [0.1, 0.15) is 11.5 Å². The van der Waals surface area contributed by atoms with E-state index in [9.17, 15) is 9.59 Å². The van der Waals surface area contributed by atoms with Gasteiger partial charge in [-0.05, 0) is 79.5 Å². The molecular weight excluding hydrogens is 418 g/mol. The molecule has 1 amide bonds. The number of phenolic OH excluding ortho intramolecular Hbond substituents is 2. The minimum atomic E-state index is -0.330. The number of hydrogen-bond donors (Lipinski definition) is 3. The van der Waals surface area contributed by atoms with E-state index in [2.05, 4.69) is 33.0 Å². The maximum atomic E-state index is 11.6. The van der Waals surface area contributed by atoms with Crippen LogP contribution in [0.15, 0.2) is 48.5 Å². The summed E-state index contributed by atoms with van der Waals surface area (Å²) < 4.78 is 5.10. The Bertz CT molecular complexity index is 813. The molecule has 33 heavy (non-hydrogen) atoms. The maximum absolute atomic E-state index is 11.6. The molecule has 0 saturated heterocycles. The molecule has 0 heterocycles. The van der Waals surface area contributed by atoms with Crippen molar-refractivity contribution in [1.82, 2.24) is 5.32 Å². The first-order valence-electron chi connectivity index (χ1n) is 11.7. The summed E-state index contributed by atoms with van der Waals surface area (Å²) in [5, 5.41) is 21.1. The summed E-state index contributed by atoms with van der Waals surface area (Å²) in [5.41, 5.74) is 1.39. The Balaban J connectivity index is 0.000000331. The van der Waals surface area contributed by atoms with E-state index in [0.29, 0.717) is 30.4 Å². The van der Waals surface area contributed by atoms with Crippen molar-refractivity contribution < 1.29 is 24.5 Å². The zero-order valence-corrected chi connectivity index (χ0v) is 20.3. The van der Waals surface area contributed by atoms with Crippen LogP contribution in [-0.4, -0.2) is 35.2 Å². The molecule has 0 unspecified atom stereocenters. The molecular formula is C27H39NO5. The zero-order chi connectivity index (χ0) is 24.6. The molecule has 0 aliphatic heterocycles. The van der Waals surface area contributed by atoms with Gasteiger partial charge in [0, 0.05) is 6.54 Å². The fourth-order valence-electron chi connectivity index (χ4n) is 2.94. The standard InChI is InChI=1S/C14H21NO2.C13H18O3/c1-11(2)4-3-9-15-14(17)10-12-5-7-13(16)8-6-12;1-10(2)4-3-9-16-13(15)11-5-7-12(14)8-6-11/h5-8,11,16H,3-4,9-10H2,1-2H3,(H,15,17);5-8,10,14H,3-4,9H2,1-2H3. The third-order valence-electron chi connectivity index (χ3n) is 4.84. The predicted molar refractivity (Wildman–Crippen MR) is 131 cm³/mol. The Hall–Kier alpha value is -3.02. The summed E-state index contributed by atoms with van der Waals surface area (Å²) in [6.45, 7) is 9.84. The van der Waals surface area contributed by atoms with Crippen LogP contribution in [0.2, 0.25) is 0 Å². The number of carbonyl (C=O) groups is 2. The van der Waals surface area contributed by atoms with E-state index in [1.807, 2.05) is 0 Å². The van der Waals surface area contributed by atoms with E-state index < -0.39 is 0 Å². The third kappa shape index (κ3) is 13.9. The first kappa shape index (κ1) is 28.0. The Kier molecular flexibility index (Phi) is 13.4. The number of esters is 1. The second-order valence-electron chi connectivity index (χ2n) is 8.95. The quantitative estimate of drug-likeness (QED) is 0.307. The second-order valence-corrected chi connectivity index (χ2v) is 8.95. The number of phenols is 2. The lowest BCUT2D eigenvalue weighted by molar-refractivity contribution is -0.120. The number of rotatable bonds is 11. The van der Waals surface area contributed by atoms with Gasteiger partial charge in [-0.25, -0.2) is 4.79 Å². The lowest BCUT2D eigenvalue weighted by Gasteiger charge is -2.07. The van der Waals surface area contributed by atoms with E-state index in [1.54, 1.807) is 36.4 Å². The highest BCUT2D eigenvalue weighted by Gasteiger charge is 2.06. The Morgan fingerprint density at radius 2 is 1.33 bits per heavy atom. The minimum absolute atomic E-state index is 0.0412. The van der Waals surface area contributed by atoms with Crippen LogP contribution in [0.3, 0.4) is 0 Å². The van der Waals surface area contributed by atoms with E-state index in [4.69, 9.17) is 14.9 Å². The van der Waals surface area contributed by atoms with E-state index in [1.165, 1.54) is 12.1 Å². The second kappa shape index (κ2) is 15.7. The van der Waals surface area contributed by atoms with Crippen molar-refractivity contribution in [3.8, 4) is 11.5 Å². The molecule has 0 fully saturated rings. The molecule has 0 bridgehead atoms. The predicted octanol–water partition coefficient (Wildman–Crippen LogP) is 5.47. The molecule has 0 radical (unpaired) electrons. The highest BCUT2D eigenvalue weighted by Crippen LogP contribution is 2.12. The molecule has 2 aromatic rings. The van der Waals surface area contributed by atoms with E-state index in [-0.39, 0.29) is 23.4 Å². The summed E-state index contributed by atoms with van der Waals surface area (Å²) in [4.78, 5) is 23.1. The first-order chi connectivity index (χ1) is 15.7. The average Bonchev–Trinajstić information content (AvgIpc) is 2.76. The highest BCUT2D eigenvalue weighted by atomic mass is 16.5. The molecule has 0 aliphatic carbocycles. The van der Waals surface area contributed by atoms with Gasteiger partial charge in [0.25, 0.3) is 0 Å². The monoisotopic (exact) mass is 457 g/mol. The largest absolute Gasteiger partial charge is 0.508 e. The molecule has 0 aromatic heterocycles. The molecule has 0 saturated carbocycles. The number of aromatic hydroxyl groups is 2. The third-order valence-corrected chi connectivity index (χ3v) is 4.84. The van der Waals surface area contributed by atoms with Gasteiger partial charge in [-0.15, -0.1) is 0 Å². The first-order valence-corrected chi connectivity index (χ1v) is 11.7. The summed E-state index contributed by atoms with van der Waals surface area (Å²) in [5.74, 6) is 1.40. The lowest BCUT2D eigenvalue weighted by Crippen LogP contribution is -2.26. The number of amides is 1. The average molecular weight is 458 g/mol. The molecule has 6 nitrogen and oxygen atoms in total. The molecule has 2 aromatic carbocycles. The van der Waals surface area contributed by atoms with Crippen molar-refractivity contribution in [2.75, 3.05) is 13.2 Å². The van der Waals surface area contributed by atoms with Gasteiger partial charge in [-0.1, -0.05) is 39.8 Å². The Labute approximate surface area is 198 Å². The van der Waals surface area contributed by atoms with Crippen LogP contribution >= 0.6 is 0 Å². The molecule has 0 atom stereocenters. The van der Waals surface area contributed by atoms with Crippen molar-refractivity contribution in [3.05, 3.63) is 59.7 Å². The van der Waals surface area contributed by atoms with Gasteiger partial charge in [0.05, 0.1) is 18.6 Å². The Morgan fingerprint density at radius 1 is 0.818 bits per heavy atom. The number of carbonyl (C=O) groups excluding carboxylic acids is 2. The molecule has 0 aliphatic rings. The summed E-state index contributed by atoms with van der Waals surface area (Å²) >= 11 is 0. The maximum Gasteiger partial charge on any atom is 0.338 e. The van der Waals surface area contributed by atoms with Crippen LogP contribution in [-0.2, 0) is 16.0 Å². The number of ether oxygens (including phenoxy) is 1. The van der Waals surface area contributed by atoms with Crippen molar-refractivity contribution in [1.29, 1.82) is 0 Å². The number of hydrogen-bond acceptors (Lipinski definition) is 5. The SMILES string of the molecule is CC(C)CCCNC(=O)Cc1ccc(O)cc1.CC(C)CCCOC(=O)c1ccc(O)cc1. The van der Waals surface area contributed by atoms with Gasteiger partial charge in [-0.2, -0.15) is 0 Å². The van der Waals surface area contributed by atoms with Gasteiger partial charge in [-0.3, -0.25) is 4.79 Å². The van der Waals surface area contributed by atoms with Gasteiger partial charge < -0.3 is 20.3 Å². The van der Waals surface area contributed by atoms with Gasteiger partial charge >= 0.3 is 5.97 Å². The fourth-order valence-corrected chi connectivity index (χ4v) is 2.94. The van der Waals surface area contributed by atoms with Gasteiger partial charge in [0.15, 0.2) is 0 Å². The molecule has 0 spiro atoms. The topological polar surface area (TPSA) is 95.9 Å². The minimum Gasteiger partial charge on any atom is -0.508 e. The van der Waals surface area contributed by atoms with Crippen LogP contribution in [0.25, 0.3) is 0 Å². The molecule has 6 heteroatoms. The highest BCUT2D eigenvalue weighted by molar-refractivity contribution is 5.89. The fraction of sp³-hybridized carbons (Fsp3) is 0.481. The van der Waals surface area contributed by atoms with Gasteiger partial charge in [0.2, 0.25) is 5.91 Å². The van der Waals surface area contributed by atoms with Crippen molar-refractivity contribution in [2.45, 2.75) is 59.8 Å². The summed E-state index contributed by atoms with van der Waals surface area (Å²) in [6, 6.07) is 12.8. The zero-order valence-electron chi connectivity index (χ0n) is 20.3. The number of benzene rings is 2. The normalized spacial score (nSPS) is 10.5. The number of nitrogens with one attached hydrogen (secondary N) is 1. The van der Waals surface area contributed by atoms with Crippen molar-refractivity contribution >= 4 is 11.9 Å². The van der Waals surface area contributed by atoms with Crippen molar-refractivity contribution in [2.24, 2.45) is 11.8 Å². The summed E-state index contributed by atoms with van der Waals surface area (Å²) in [6.07, 6.45) is 4.49. The molecule has 182 valence electrons. The van der Waals surface area contributed by atoms with E-state index in [0.717, 1.165) is 37.8 Å². The molecule has 3 N–H and O–H groups in total. The summed E-state index contributed by atoms with van der Waals surface area (Å²) in [7, 11) is 0.